The van der Waals surface area contributed by atoms with E-state index in [2.05, 4.69) is 15.9 Å². The molecule has 1 aliphatic rings. The summed E-state index contributed by atoms with van der Waals surface area (Å²) < 4.78 is 5.88. The number of carbonyl (C=O) groups excluding carboxylic acids is 3. The van der Waals surface area contributed by atoms with Gasteiger partial charge in [0.2, 0.25) is 0 Å². The average Bonchev–Trinajstić information content (AvgIpc) is 3.14. The molecular formula is C16H12BrNO4S. The average molecular weight is 394 g/mol. The minimum atomic E-state index is -0.383. The van der Waals surface area contributed by atoms with Gasteiger partial charge >= 0.3 is 5.97 Å². The van der Waals surface area contributed by atoms with E-state index in [9.17, 15) is 14.4 Å². The molecule has 0 aliphatic carbocycles. The van der Waals surface area contributed by atoms with Gasteiger partial charge in [-0.15, -0.1) is 11.3 Å². The fourth-order valence-corrected chi connectivity index (χ4v) is 3.30. The van der Waals surface area contributed by atoms with Gasteiger partial charge in [0.05, 0.1) is 17.7 Å². The third kappa shape index (κ3) is 3.20. The third-order valence-electron chi connectivity index (χ3n) is 3.41. The monoisotopic (exact) mass is 393 g/mol. The van der Waals surface area contributed by atoms with Gasteiger partial charge in [0.15, 0.2) is 0 Å². The summed E-state index contributed by atoms with van der Waals surface area (Å²) >= 11 is 4.60. The van der Waals surface area contributed by atoms with Crippen LogP contribution in [0.5, 0.6) is 0 Å². The van der Waals surface area contributed by atoms with Crippen molar-refractivity contribution >= 4 is 45.1 Å². The van der Waals surface area contributed by atoms with Crippen molar-refractivity contribution in [3.05, 3.63) is 56.2 Å². The molecule has 1 aromatic heterocycles. The predicted octanol–water partition coefficient (Wildman–Crippen LogP) is 3.35. The van der Waals surface area contributed by atoms with Crippen molar-refractivity contribution in [2.75, 3.05) is 13.2 Å². The first kappa shape index (κ1) is 15.9. The van der Waals surface area contributed by atoms with Gasteiger partial charge in [-0.2, -0.15) is 0 Å². The number of hydrogen-bond donors (Lipinski definition) is 0. The Hall–Kier alpha value is -1.99. The molecule has 0 saturated carbocycles. The van der Waals surface area contributed by atoms with Crippen LogP contribution in [0.1, 0.15) is 36.8 Å². The van der Waals surface area contributed by atoms with E-state index in [1.54, 1.807) is 35.7 Å². The van der Waals surface area contributed by atoms with E-state index >= 15 is 0 Å². The Bertz CT molecular complexity index is 772. The number of hydrogen-bond acceptors (Lipinski definition) is 5. The molecule has 0 bridgehead atoms. The fraction of sp³-hybridized carbons (Fsp3) is 0.188. The molecule has 0 spiro atoms. The van der Waals surface area contributed by atoms with E-state index < -0.39 is 0 Å². The highest BCUT2D eigenvalue weighted by molar-refractivity contribution is 9.10. The maximum absolute atomic E-state index is 12.3. The van der Waals surface area contributed by atoms with Gasteiger partial charge in [-0.3, -0.25) is 14.5 Å². The quantitative estimate of drug-likeness (QED) is 0.443. The zero-order chi connectivity index (χ0) is 16.4. The number of amides is 2. The largest absolute Gasteiger partial charge is 0.461 e. The number of benzene rings is 1. The van der Waals surface area contributed by atoms with Gasteiger partial charge < -0.3 is 4.74 Å². The Labute approximate surface area is 145 Å². The molecule has 7 heteroatoms. The SMILES string of the molecule is O=C(OCCCN1C(=O)c2ccc(Br)cc2C1=O)c1cccs1. The molecular weight excluding hydrogens is 382 g/mol. The zero-order valence-electron chi connectivity index (χ0n) is 12.0. The van der Waals surface area contributed by atoms with Crippen LogP contribution in [0.15, 0.2) is 40.2 Å². The highest BCUT2D eigenvalue weighted by atomic mass is 79.9. The molecule has 5 nitrogen and oxygen atoms in total. The summed E-state index contributed by atoms with van der Waals surface area (Å²) in [6.45, 7) is 0.384. The lowest BCUT2D eigenvalue weighted by atomic mass is 10.1. The normalized spacial score (nSPS) is 13.3. The number of imide groups is 1. The summed E-state index contributed by atoms with van der Waals surface area (Å²) in [5.74, 6) is -0.996. The van der Waals surface area contributed by atoms with E-state index in [4.69, 9.17) is 4.74 Å². The molecule has 0 unspecified atom stereocenters. The van der Waals surface area contributed by atoms with Crippen molar-refractivity contribution in [2.24, 2.45) is 0 Å². The van der Waals surface area contributed by atoms with Crippen LogP contribution in [0.4, 0.5) is 0 Å². The van der Waals surface area contributed by atoms with E-state index in [0.717, 1.165) is 4.47 Å². The van der Waals surface area contributed by atoms with Gasteiger partial charge in [0.25, 0.3) is 11.8 Å². The van der Waals surface area contributed by atoms with Crippen LogP contribution in [-0.4, -0.2) is 35.8 Å². The molecule has 2 heterocycles. The number of rotatable bonds is 5. The lowest BCUT2D eigenvalue weighted by Crippen LogP contribution is -2.31. The molecule has 23 heavy (non-hydrogen) atoms. The second-order valence-corrected chi connectivity index (χ2v) is 6.78. The molecule has 0 radical (unpaired) electrons. The van der Waals surface area contributed by atoms with Crippen LogP contribution in [0, 0.1) is 0 Å². The van der Waals surface area contributed by atoms with Crippen molar-refractivity contribution < 1.29 is 19.1 Å². The van der Waals surface area contributed by atoms with Crippen LogP contribution in [0.3, 0.4) is 0 Å². The molecule has 0 fully saturated rings. The van der Waals surface area contributed by atoms with Crippen LogP contribution in [0.2, 0.25) is 0 Å². The number of nitrogens with zero attached hydrogens (tertiary/aromatic N) is 1. The highest BCUT2D eigenvalue weighted by Crippen LogP contribution is 2.26. The van der Waals surface area contributed by atoms with Crippen molar-refractivity contribution in [1.29, 1.82) is 0 Å². The minimum absolute atomic E-state index is 0.161. The fourth-order valence-electron chi connectivity index (χ4n) is 2.32. The number of thiophene rings is 1. The van der Waals surface area contributed by atoms with Gasteiger partial charge in [0.1, 0.15) is 4.88 Å². The second kappa shape index (κ2) is 6.64. The van der Waals surface area contributed by atoms with Crippen LogP contribution in [-0.2, 0) is 4.74 Å². The standard InChI is InChI=1S/C16H12BrNO4S/c17-10-4-5-11-12(9-10)15(20)18(14(11)19)6-2-7-22-16(21)13-3-1-8-23-13/h1,3-5,8-9H,2,6-7H2. The van der Waals surface area contributed by atoms with Crippen LogP contribution >= 0.6 is 27.3 Å². The maximum Gasteiger partial charge on any atom is 0.348 e. The topological polar surface area (TPSA) is 63.7 Å². The molecule has 1 aliphatic heterocycles. The first-order chi connectivity index (χ1) is 11.1. The Balaban J connectivity index is 1.55. The second-order valence-electron chi connectivity index (χ2n) is 4.92. The summed E-state index contributed by atoms with van der Waals surface area (Å²) in [5, 5.41) is 1.80. The Morgan fingerprint density at radius 2 is 1.96 bits per heavy atom. The number of halogens is 1. The number of fused-ring (bicyclic) bond motifs is 1. The van der Waals surface area contributed by atoms with Crippen molar-refractivity contribution in [3.63, 3.8) is 0 Å². The van der Waals surface area contributed by atoms with Gasteiger partial charge in [-0.1, -0.05) is 22.0 Å². The lowest BCUT2D eigenvalue weighted by molar-refractivity contribution is 0.0488. The summed E-state index contributed by atoms with van der Waals surface area (Å²) in [6, 6.07) is 8.48. The summed E-state index contributed by atoms with van der Waals surface area (Å²) in [6.07, 6.45) is 0.407. The molecule has 2 amide bonds. The van der Waals surface area contributed by atoms with Gasteiger partial charge in [-0.25, -0.2) is 4.79 Å². The summed E-state index contributed by atoms with van der Waals surface area (Å²) in [7, 11) is 0. The third-order valence-corrected chi connectivity index (χ3v) is 4.76. The smallest absolute Gasteiger partial charge is 0.348 e. The first-order valence-electron chi connectivity index (χ1n) is 6.94. The molecule has 1 aromatic carbocycles. The van der Waals surface area contributed by atoms with E-state index in [1.807, 2.05) is 0 Å². The summed E-state index contributed by atoms with van der Waals surface area (Å²) in [4.78, 5) is 37.9. The zero-order valence-corrected chi connectivity index (χ0v) is 14.4. The Morgan fingerprint density at radius 3 is 2.70 bits per heavy atom. The van der Waals surface area contributed by atoms with E-state index in [-0.39, 0.29) is 30.9 Å². The predicted molar refractivity (Wildman–Crippen MR) is 88.7 cm³/mol. The molecule has 0 atom stereocenters. The Morgan fingerprint density at radius 1 is 1.17 bits per heavy atom. The number of esters is 1. The van der Waals surface area contributed by atoms with Gasteiger partial charge in [-0.05, 0) is 36.1 Å². The molecule has 0 saturated heterocycles. The van der Waals surface area contributed by atoms with Crippen molar-refractivity contribution in [1.82, 2.24) is 4.90 Å². The van der Waals surface area contributed by atoms with Gasteiger partial charge in [0, 0.05) is 11.0 Å². The number of ether oxygens (including phenoxy) is 1. The maximum atomic E-state index is 12.3. The molecule has 3 rings (SSSR count). The lowest BCUT2D eigenvalue weighted by Gasteiger charge is -2.13. The van der Waals surface area contributed by atoms with Crippen LogP contribution in [0.25, 0.3) is 0 Å². The van der Waals surface area contributed by atoms with Crippen LogP contribution < -0.4 is 0 Å². The van der Waals surface area contributed by atoms with Crippen molar-refractivity contribution in [3.8, 4) is 0 Å². The van der Waals surface area contributed by atoms with E-state index in [0.29, 0.717) is 22.4 Å². The minimum Gasteiger partial charge on any atom is -0.461 e. The molecule has 2 aromatic rings. The summed E-state index contributed by atoms with van der Waals surface area (Å²) in [5.41, 5.74) is 0.814. The number of carbonyl (C=O) groups is 3. The first-order valence-corrected chi connectivity index (χ1v) is 8.61. The Kier molecular flexibility index (Phi) is 4.58. The van der Waals surface area contributed by atoms with E-state index in [1.165, 1.54) is 16.2 Å². The van der Waals surface area contributed by atoms with Crippen molar-refractivity contribution in [2.45, 2.75) is 6.42 Å². The highest BCUT2D eigenvalue weighted by Gasteiger charge is 2.35. The molecule has 0 N–H and O–H groups in total. The molecule has 118 valence electrons.